The minimum atomic E-state index is -0.723. The van der Waals surface area contributed by atoms with Gasteiger partial charge in [0.1, 0.15) is 12.3 Å². The standard InChI is InChI=1S/C22H26N2O7/c1-28-17-7-4-15(5-8-17)10-11-23-20(25)14-31-21(26)13-24-22(27)16-6-9-18(29-2)19(12-16)30-3/h4-9,12H,10-11,13-14H2,1-3H3,(H,23,25)(H,24,27). The lowest BCUT2D eigenvalue weighted by Gasteiger charge is -2.10. The highest BCUT2D eigenvalue weighted by atomic mass is 16.5. The molecule has 31 heavy (non-hydrogen) atoms. The van der Waals surface area contributed by atoms with E-state index in [1.807, 2.05) is 24.3 Å². The maximum atomic E-state index is 12.2. The van der Waals surface area contributed by atoms with Crippen molar-refractivity contribution in [2.45, 2.75) is 6.42 Å². The third kappa shape index (κ3) is 7.54. The van der Waals surface area contributed by atoms with Crippen LogP contribution in [0.2, 0.25) is 0 Å². The molecular weight excluding hydrogens is 404 g/mol. The first kappa shape index (κ1) is 23.5. The van der Waals surface area contributed by atoms with Crippen LogP contribution in [0.3, 0.4) is 0 Å². The molecule has 0 atom stereocenters. The van der Waals surface area contributed by atoms with Gasteiger partial charge in [0.25, 0.3) is 11.8 Å². The molecule has 0 unspecified atom stereocenters. The van der Waals surface area contributed by atoms with Gasteiger partial charge in [0.05, 0.1) is 21.3 Å². The highest BCUT2D eigenvalue weighted by molar-refractivity contribution is 5.96. The van der Waals surface area contributed by atoms with Crippen molar-refractivity contribution in [3.63, 3.8) is 0 Å². The van der Waals surface area contributed by atoms with E-state index in [1.165, 1.54) is 26.4 Å². The van der Waals surface area contributed by atoms with E-state index in [0.29, 0.717) is 30.0 Å². The Morgan fingerprint density at radius 2 is 1.55 bits per heavy atom. The van der Waals surface area contributed by atoms with E-state index in [4.69, 9.17) is 18.9 Å². The molecule has 0 bridgehead atoms. The van der Waals surface area contributed by atoms with E-state index in [9.17, 15) is 14.4 Å². The summed E-state index contributed by atoms with van der Waals surface area (Å²) in [5.74, 6) is 0.00692. The summed E-state index contributed by atoms with van der Waals surface area (Å²) < 4.78 is 20.2. The minimum absolute atomic E-state index is 0.293. The Kier molecular flexibility index (Phi) is 9.15. The molecular formula is C22H26N2O7. The van der Waals surface area contributed by atoms with E-state index >= 15 is 0 Å². The van der Waals surface area contributed by atoms with Crippen LogP contribution in [0.15, 0.2) is 42.5 Å². The van der Waals surface area contributed by atoms with Crippen molar-refractivity contribution in [3.05, 3.63) is 53.6 Å². The Morgan fingerprint density at radius 3 is 2.19 bits per heavy atom. The summed E-state index contributed by atoms with van der Waals surface area (Å²) in [7, 11) is 4.54. The molecule has 9 heteroatoms. The first-order valence-corrected chi connectivity index (χ1v) is 9.52. The molecule has 0 aliphatic carbocycles. The number of hydrogen-bond donors (Lipinski definition) is 2. The fourth-order valence-corrected chi connectivity index (χ4v) is 2.62. The fraction of sp³-hybridized carbons (Fsp3) is 0.318. The van der Waals surface area contributed by atoms with Crippen LogP contribution in [-0.2, 0) is 20.7 Å². The molecule has 2 aromatic carbocycles. The van der Waals surface area contributed by atoms with Crippen LogP contribution in [0, 0.1) is 0 Å². The molecule has 2 rings (SSSR count). The first-order chi connectivity index (χ1) is 15.0. The number of amides is 2. The Hall–Kier alpha value is -3.75. The predicted octanol–water partition coefficient (Wildman–Crippen LogP) is 1.34. The molecule has 9 nitrogen and oxygen atoms in total. The zero-order chi connectivity index (χ0) is 22.6. The molecule has 2 amide bonds. The Morgan fingerprint density at radius 1 is 0.839 bits per heavy atom. The Labute approximate surface area is 180 Å². The topological polar surface area (TPSA) is 112 Å². The van der Waals surface area contributed by atoms with Crippen LogP contribution in [0.25, 0.3) is 0 Å². The summed E-state index contributed by atoms with van der Waals surface area (Å²) in [5, 5.41) is 5.10. The molecule has 0 aliphatic rings. The van der Waals surface area contributed by atoms with Gasteiger partial charge in [-0.15, -0.1) is 0 Å². The van der Waals surface area contributed by atoms with Crippen LogP contribution in [0.4, 0.5) is 0 Å². The van der Waals surface area contributed by atoms with E-state index in [2.05, 4.69) is 10.6 Å². The van der Waals surface area contributed by atoms with Gasteiger partial charge in [-0.1, -0.05) is 12.1 Å². The summed E-state index contributed by atoms with van der Waals surface area (Å²) in [6.07, 6.45) is 0.630. The number of ether oxygens (including phenoxy) is 4. The molecule has 0 spiro atoms. The van der Waals surface area contributed by atoms with Crippen molar-refractivity contribution < 1.29 is 33.3 Å². The summed E-state index contributed by atoms with van der Waals surface area (Å²) in [5.41, 5.74) is 1.33. The van der Waals surface area contributed by atoms with Crippen LogP contribution >= 0.6 is 0 Å². The number of hydrogen-bond acceptors (Lipinski definition) is 7. The third-order valence-corrected chi connectivity index (χ3v) is 4.30. The highest BCUT2D eigenvalue weighted by Gasteiger charge is 2.13. The lowest BCUT2D eigenvalue weighted by Crippen LogP contribution is -2.34. The van der Waals surface area contributed by atoms with Crippen LogP contribution in [-0.4, -0.2) is 58.8 Å². The second kappa shape index (κ2) is 12.1. The predicted molar refractivity (Wildman–Crippen MR) is 113 cm³/mol. The molecule has 2 N–H and O–H groups in total. The van der Waals surface area contributed by atoms with Crippen LogP contribution < -0.4 is 24.8 Å². The molecule has 0 radical (unpaired) electrons. The SMILES string of the molecule is COc1ccc(CCNC(=O)COC(=O)CNC(=O)c2ccc(OC)c(OC)c2)cc1. The van der Waals surface area contributed by atoms with Gasteiger partial charge in [0, 0.05) is 12.1 Å². The maximum absolute atomic E-state index is 12.2. The lowest BCUT2D eigenvalue weighted by molar-refractivity contribution is -0.147. The van der Waals surface area contributed by atoms with Crippen molar-refractivity contribution in [1.82, 2.24) is 10.6 Å². The first-order valence-electron chi connectivity index (χ1n) is 9.52. The van der Waals surface area contributed by atoms with Crippen molar-refractivity contribution in [2.24, 2.45) is 0 Å². The second-order valence-electron chi connectivity index (χ2n) is 6.36. The van der Waals surface area contributed by atoms with Gasteiger partial charge < -0.3 is 29.6 Å². The van der Waals surface area contributed by atoms with E-state index in [-0.39, 0.29) is 6.54 Å². The molecule has 0 aromatic heterocycles. The van der Waals surface area contributed by atoms with Crippen LogP contribution in [0.1, 0.15) is 15.9 Å². The van der Waals surface area contributed by atoms with Gasteiger partial charge in [-0.2, -0.15) is 0 Å². The molecule has 2 aromatic rings. The third-order valence-electron chi connectivity index (χ3n) is 4.30. The van der Waals surface area contributed by atoms with Crippen LogP contribution in [0.5, 0.6) is 17.2 Å². The maximum Gasteiger partial charge on any atom is 0.325 e. The normalized spacial score (nSPS) is 10.0. The summed E-state index contributed by atoms with van der Waals surface area (Å²) in [4.78, 5) is 35.8. The van der Waals surface area contributed by atoms with Gasteiger partial charge in [-0.3, -0.25) is 14.4 Å². The number of methoxy groups -OCH3 is 3. The molecule has 0 heterocycles. The number of nitrogens with one attached hydrogen (secondary N) is 2. The van der Waals surface area contributed by atoms with Crippen molar-refractivity contribution in [3.8, 4) is 17.2 Å². The van der Waals surface area contributed by atoms with Gasteiger partial charge in [0.2, 0.25) is 0 Å². The number of carbonyl (C=O) groups excluding carboxylic acids is 3. The zero-order valence-electron chi connectivity index (χ0n) is 17.7. The second-order valence-corrected chi connectivity index (χ2v) is 6.36. The van der Waals surface area contributed by atoms with E-state index in [0.717, 1.165) is 11.3 Å². The van der Waals surface area contributed by atoms with Crippen molar-refractivity contribution in [1.29, 1.82) is 0 Å². The highest BCUT2D eigenvalue weighted by Crippen LogP contribution is 2.27. The summed E-state index contributed by atoms with van der Waals surface area (Å²) >= 11 is 0. The smallest absolute Gasteiger partial charge is 0.325 e. The summed E-state index contributed by atoms with van der Waals surface area (Å²) in [6.45, 7) is -0.390. The Bertz CT molecular complexity index is 897. The number of benzene rings is 2. The monoisotopic (exact) mass is 430 g/mol. The zero-order valence-corrected chi connectivity index (χ0v) is 17.7. The van der Waals surface area contributed by atoms with Gasteiger partial charge >= 0.3 is 5.97 Å². The molecule has 0 fully saturated rings. The van der Waals surface area contributed by atoms with Crippen molar-refractivity contribution in [2.75, 3.05) is 41.0 Å². The molecule has 0 aliphatic heterocycles. The van der Waals surface area contributed by atoms with Gasteiger partial charge in [-0.25, -0.2) is 0 Å². The minimum Gasteiger partial charge on any atom is -0.497 e. The molecule has 166 valence electrons. The number of carbonyl (C=O) groups is 3. The average molecular weight is 430 g/mol. The fourth-order valence-electron chi connectivity index (χ4n) is 2.62. The quantitative estimate of drug-likeness (QED) is 0.518. The number of esters is 1. The average Bonchev–Trinajstić information content (AvgIpc) is 2.81. The van der Waals surface area contributed by atoms with E-state index < -0.39 is 24.4 Å². The van der Waals surface area contributed by atoms with Crippen molar-refractivity contribution >= 4 is 17.8 Å². The molecule has 0 saturated carbocycles. The Balaban J connectivity index is 1.67. The van der Waals surface area contributed by atoms with Gasteiger partial charge in [-0.05, 0) is 42.3 Å². The largest absolute Gasteiger partial charge is 0.497 e. The lowest BCUT2D eigenvalue weighted by atomic mass is 10.1. The summed E-state index contributed by atoms with van der Waals surface area (Å²) in [6, 6.07) is 12.1. The molecule has 0 saturated heterocycles. The number of rotatable bonds is 11. The van der Waals surface area contributed by atoms with E-state index in [1.54, 1.807) is 13.2 Å². The van der Waals surface area contributed by atoms with Gasteiger partial charge in [0.15, 0.2) is 18.1 Å².